The van der Waals surface area contributed by atoms with Crippen LogP contribution in [0.15, 0.2) is 27.9 Å². The summed E-state index contributed by atoms with van der Waals surface area (Å²) in [7, 11) is 0. The molecule has 0 bridgehead atoms. The standard InChI is InChI=1S/C12H9BrF4N4O/c1-6-5-21(11(18)20-6)19-4-7-8(13)2-3-9(10(7)14)22-12(15,16)17/h2-5H,1H3,(H2,18,20). The smallest absolute Gasteiger partial charge is 0.403 e. The maximum atomic E-state index is 14.1. The zero-order valence-electron chi connectivity index (χ0n) is 11.0. The number of nitrogens with zero attached hydrogens (tertiary/aromatic N) is 3. The van der Waals surface area contributed by atoms with Crippen molar-refractivity contribution in [1.82, 2.24) is 9.66 Å². The summed E-state index contributed by atoms with van der Waals surface area (Å²) < 4.78 is 55.6. The molecule has 1 aromatic carbocycles. The van der Waals surface area contributed by atoms with Crippen molar-refractivity contribution in [1.29, 1.82) is 0 Å². The van der Waals surface area contributed by atoms with E-state index in [1.165, 1.54) is 16.9 Å². The number of alkyl halides is 3. The highest BCUT2D eigenvalue weighted by Gasteiger charge is 2.33. The highest BCUT2D eigenvalue weighted by Crippen LogP contribution is 2.30. The molecule has 2 rings (SSSR count). The van der Waals surface area contributed by atoms with Gasteiger partial charge in [0, 0.05) is 10.0 Å². The summed E-state index contributed by atoms with van der Waals surface area (Å²) in [5, 5.41) is 3.85. The van der Waals surface area contributed by atoms with Crippen molar-refractivity contribution in [3.63, 3.8) is 0 Å². The third-order valence-electron chi connectivity index (χ3n) is 2.46. The fourth-order valence-electron chi connectivity index (χ4n) is 1.59. The molecule has 10 heteroatoms. The molecule has 0 saturated heterocycles. The third-order valence-corrected chi connectivity index (χ3v) is 3.15. The Bertz CT molecular complexity index is 727. The average Bonchev–Trinajstić information content (AvgIpc) is 2.70. The van der Waals surface area contributed by atoms with E-state index in [1.807, 2.05) is 0 Å². The van der Waals surface area contributed by atoms with Crippen LogP contribution in [0.1, 0.15) is 11.3 Å². The van der Waals surface area contributed by atoms with Crippen molar-refractivity contribution in [3.8, 4) is 5.75 Å². The van der Waals surface area contributed by atoms with Crippen molar-refractivity contribution in [2.24, 2.45) is 5.10 Å². The fourth-order valence-corrected chi connectivity index (χ4v) is 2.00. The molecule has 22 heavy (non-hydrogen) atoms. The summed E-state index contributed by atoms with van der Waals surface area (Å²) in [6, 6.07) is 2.08. The van der Waals surface area contributed by atoms with E-state index in [2.05, 4.69) is 30.8 Å². The predicted molar refractivity (Wildman–Crippen MR) is 75.2 cm³/mol. The molecule has 0 unspecified atom stereocenters. The summed E-state index contributed by atoms with van der Waals surface area (Å²) >= 11 is 3.03. The zero-order chi connectivity index (χ0) is 16.5. The van der Waals surface area contributed by atoms with E-state index in [4.69, 9.17) is 5.73 Å². The van der Waals surface area contributed by atoms with Crippen molar-refractivity contribution >= 4 is 28.1 Å². The molecule has 0 fully saturated rings. The van der Waals surface area contributed by atoms with Crippen LogP contribution in [0, 0.1) is 12.7 Å². The summed E-state index contributed by atoms with van der Waals surface area (Å²) in [5.41, 5.74) is 5.93. The Morgan fingerprint density at radius 3 is 2.64 bits per heavy atom. The van der Waals surface area contributed by atoms with Gasteiger partial charge in [-0.3, -0.25) is 0 Å². The van der Waals surface area contributed by atoms with Crippen molar-refractivity contribution in [3.05, 3.63) is 39.9 Å². The van der Waals surface area contributed by atoms with E-state index in [0.717, 1.165) is 12.3 Å². The first-order valence-electron chi connectivity index (χ1n) is 5.77. The van der Waals surface area contributed by atoms with E-state index < -0.39 is 17.9 Å². The van der Waals surface area contributed by atoms with Gasteiger partial charge in [0.05, 0.1) is 18.1 Å². The second-order valence-corrected chi connectivity index (χ2v) is 5.00. The number of hydrogen-bond acceptors (Lipinski definition) is 4. The minimum Gasteiger partial charge on any atom is -0.403 e. The van der Waals surface area contributed by atoms with Gasteiger partial charge in [0.1, 0.15) is 0 Å². The summed E-state index contributed by atoms with van der Waals surface area (Å²) in [4.78, 5) is 3.88. The molecule has 0 aliphatic carbocycles. The molecule has 2 aromatic rings. The first-order valence-corrected chi connectivity index (χ1v) is 6.56. The van der Waals surface area contributed by atoms with Crippen LogP contribution in [0.3, 0.4) is 0 Å². The number of rotatable bonds is 3. The molecule has 2 N–H and O–H groups in total. The number of nitrogens with two attached hydrogens (primary N) is 1. The molecule has 0 spiro atoms. The molecule has 0 saturated carbocycles. The van der Waals surface area contributed by atoms with Crippen LogP contribution in [0.25, 0.3) is 0 Å². The fraction of sp³-hybridized carbons (Fsp3) is 0.167. The lowest BCUT2D eigenvalue weighted by molar-refractivity contribution is -0.275. The van der Waals surface area contributed by atoms with Crippen LogP contribution in [0.4, 0.5) is 23.5 Å². The normalized spacial score (nSPS) is 12.1. The Labute approximate surface area is 130 Å². The first-order chi connectivity index (χ1) is 10.2. The van der Waals surface area contributed by atoms with Crippen LogP contribution in [-0.2, 0) is 0 Å². The minimum absolute atomic E-state index is 0.0629. The van der Waals surface area contributed by atoms with E-state index >= 15 is 0 Å². The van der Waals surface area contributed by atoms with Gasteiger partial charge in [0.15, 0.2) is 11.6 Å². The van der Waals surface area contributed by atoms with Gasteiger partial charge in [-0.25, -0.2) is 14.1 Å². The highest BCUT2D eigenvalue weighted by atomic mass is 79.9. The van der Waals surface area contributed by atoms with Gasteiger partial charge in [-0.1, -0.05) is 15.9 Å². The van der Waals surface area contributed by atoms with E-state index in [0.29, 0.717) is 5.69 Å². The largest absolute Gasteiger partial charge is 0.573 e. The van der Waals surface area contributed by atoms with E-state index in [-0.39, 0.29) is 16.0 Å². The molecule has 0 radical (unpaired) electrons. The number of halogens is 5. The Hall–Kier alpha value is -2.10. The maximum Gasteiger partial charge on any atom is 0.573 e. The number of hydrogen-bond donors (Lipinski definition) is 1. The van der Waals surface area contributed by atoms with Gasteiger partial charge in [-0.05, 0) is 19.1 Å². The quantitative estimate of drug-likeness (QED) is 0.654. The van der Waals surface area contributed by atoms with Gasteiger partial charge in [-0.15, -0.1) is 13.2 Å². The topological polar surface area (TPSA) is 65.4 Å². The average molecular weight is 381 g/mol. The number of imidazole rings is 1. The second-order valence-electron chi connectivity index (χ2n) is 4.15. The van der Waals surface area contributed by atoms with Gasteiger partial charge in [0.2, 0.25) is 5.95 Å². The molecule has 1 aromatic heterocycles. The van der Waals surface area contributed by atoms with Crippen LogP contribution in [-0.4, -0.2) is 22.2 Å². The predicted octanol–water partition coefficient (Wildman–Crippen LogP) is 3.46. The molecule has 0 aliphatic heterocycles. The first kappa shape index (κ1) is 16.3. The molecule has 5 nitrogen and oxygen atoms in total. The third kappa shape index (κ3) is 3.75. The number of aryl methyl sites for hydroxylation is 1. The Morgan fingerprint density at radius 2 is 2.09 bits per heavy atom. The van der Waals surface area contributed by atoms with Crippen LogP contribution in [0.5, 0.6) is 5.75 Å². The Kier molecular flexibility index (Phi) is 4.40. The van der Waals surface area contributed by atoms with Crippen LogP contribution in [0.2, 0.25) is 0 Å². The lowest BCUT2D eigenvalue weighted by Gasteiger charge is -2.11. The lowest BCUT2D eigenvalue weighted by atomic mass is 10.2. The van der Waals surface area contributed by atoms with Crippen LogP contribution < -0.4 is 10.5 Å². The summed E-state index contributed by atoms with van der Waals surface area (Å²) in [6.07, 6.45) is -2.50. The molecule has 0 amide bonds. The van der Waals surface area contributed by atoms with Crippen molar-refractivity contribution in [2.75, 3.05) is 5.73 Å². The maximum absolute atomic E-state index is 14.1. The molecule has 118 valence electrons. The SMILES string of the molecule is Cc1cn(N=Cc2c(Br)ccc(OC(F)(F)F)c2F)c(N)n1. The zero-order valence-corrected chi connectivity index (χ0v) is 12.6. The van der Waals surface area contributed by atoms with Crippen molar-refractivity contribution in [2.45, 2.75) is 13.3 Å². The molecule has 0 atom stereocenters. The molecular formula is C12H9BrF4N4O. The number of ether oxygens (including phenoxy) is 1. The number of benzene rings is 1. The van der Waals surface area contributed by atoms with Crippen LogP contribution >= 0.6 is 15.9 Å². The second kappa shape index (κ2) is 5.95. The highest BCUT2D eigenvalue weighted by molar-refractivity contribution is 9.10. The van der Waals surface area contributed by atoms with Gasteiger partial charge in [-0.2, -0.15) is 5.10 Å². The van der Waals surface area contributed by atoms with Crippen molar-refractivity contribution < 1.29 is 22.3 Å². The Balaban J connectivity index is 2.38. The molecule has 1 heterocycles. The van der Waals surface area contributed by atoms with Gasteiger partial charge >= 0.3 is 6.36 Å². The monoisotopic (exact) mass is 380 g/mol. The number of anilines is 1. The summed E-state index contributed by atoms with van der Waals surface area (Å²) in [5.74, 6) is -2.09. The molecular weight excluding hydrogens is 372 g/mol. The van der Waals surface area contributed by atoms with Gasteiger partial charge < -0.3 is 10.5 Å². The van der Waals surface area contributed by atoms with Gasteiger partial charge in [0.25, 0.3) is 0 Å². The molecule has 0 aliphatic rings. The summed E-state index contributed by atoms with van der Waals surface area (Å²) in [6.45, 7) is 1.68. The lowest BCUT2D eigenvalue weighted by Crippen LogP contribution is -2.18. The van der Waals surface area contributed by atoms with E-state index in [1.54, 1.807) is 6.92 Å². The number of nitrogen functional groups attached to an aromatic ring is 1. The number of aromatic nitrogens is 2. The Morgan fingerprint density at radius 1 is 1.41 bits per heavy atom. The van der Waals surface area contributed by atoms with E-state index in [9.17, 15) is 17.6 Å². The minimum atomic E-state index is -4.99.